The van der Waals surface area contributed by atoms with Gasteiger partial charge in [0.25, 0.3) is 0 Å². The lowest BCUT2D eigenvalue weighted by Gasteiger charge is -2.07. The first-order valence-electron chi connectivity index (χ1n) is 3.25. The van der Waals surface area contributed by atoms with Crippen molar-refractivity contribution in [1.29, 1.82) is 0 Å². The molecule has 1 aromatic carbocycles. The van der Waals surface area contributed by atoms with Gasteiger partial charge in [0, 0.05) is 4.47 Å². The Hall–Kier alpha value is -0.0200. The van der Waals surface area contributed by atoms with Gasteiger partial charge in [0.1, 0.15) is 5.75 Å². The fourth-order valence-electron chi connectivity index (χ4n) is 0.701. The molecule has 0 fully saturated rings. The zero-order valence-electron chi connectivity index (χ0n) is 6.05. The van der Waals surface area contributed by atoms with Crippen LogP contribution in [-0.2, 0) is 0 Å². The first kappa shape index (κ1) is 9.07. The maximum atomic E-state index is 5.36. The number of benzene rings is 1. The molecule has 1 nitrogen and oxygen atoms in total. The molecule has 0 saturated carbocycles. The lowest BCUT2D eigenvalue weighted by Crippen LogP contribution is -2.00. The third-order valence-corrected chi connectivity index (χ3v) is 1.83. The second kappa shape index (κ2) is 4.12. The molecule has 0 aliphatic rings. The van der Waals surface area contributed by atoms with Crippen LogP contribution in [0.4, 0.5) is 0 Å². The van der Waals surface area contributed by atoms with Crippen LogP contribution in [0.25, 0.3) is 0 Å². The molecule has 0 aliphatic carbocycles. The van der Waals surface area contributed by atoms with Gasteiger partial charge in [-0.15, -0.1) is 0 Å². The lowest BCUT2D eigenvalue weighted by atomic mass is 10.3. The highest BCUT2D eigenvalue weighted by molar-refractivity contribution is 9.10. The van der Waals surface area contributed by atoms with E-state index in [4.69, 9.17) is 4.74 Å². The van der Waals surface area contributed by atoms with E-state index >= 15 is 0 Å². The Labute approximate surface area is 83.0 Å². The van der Waals surface area contributed by atoms with Crippen LogP contribution in [0.3, 0.4) is 0 Å². The Morgan fingerprint density at radius 1 is 1.27 bits per heavy atom. The molecule has 0 amide bonds. The van der Waals surface area contributed by atoms with Crippen LogP contribution >= 0.6 is 31.9 Å². The Morgan fingerprint density at radius 2 is 1.82 bits per heavy atom. The van der Waals surface area contributed by atoms with Crippen LogP contribution < -0.4 is 4.74 Å². The minimum absolute atomic E-state index is 0.0590. The van der Waals surface area contributed by atoms with E-state index in [1.807, 2.05) is 31.2 Å². The lowest BCUT2D eigenvalue weighted by molar-refractivity contribution is 0.314. The number of halogens is 2. The largest absolute Gasteiger partial charge is 0.480 e. The van der Waals surface area contributed by atoms with Crippen LogP contribution in [0.1, 0.15) is 6.92 Å². The zero-order chi connectivity index (χ0) is 8.27. The smallest absolute Gasteiger partial charge is 0.150 e. The van der Waals surface area contributed by atoms with Crippen molar-refractivity contribution in [3.8, 4) is 5.75 Å². The normalized spacial score (nSPS) is 12.6. The number of ether oxygens (including phenoxy) is 1. The van der Waals surface area contributed by atoms with Gasteiger partial charge in [0.05, 0.1) is 0 Å². The van der Waals surface area contributed by atoms with E-state index in [1.54, 1.807) is 0 Å². The van der Waals surface area contributed by atoms with E-state index < -0.39 is 0 Å². The molecule has 0 spiro atoms. The van der Waals surface area contributed by atoms with E-state index in [0.717, 1.165) is 10.2 Å². The summed E-state index contributed by atoms with van der Waals surface area (Å²) in [4.78, 5) is 0. The Kier molecular flexibility index (Phi) is 3.40. The summed E-state index contributed by atoms with van der Waals surface area (Å²) in [5, 5.41) is 0.0590. The zero-order valence-corrected chi connectivity index (χ0v) is 9.22. The van der Waals surface area contributed by atoms with Crippen molar-refractivity contribution >= 4 is 31.9 Å². The van der Waals surface area contributed by atoms with Gasteiger partial charge >= 0.3 is 0 Å². The predicted octanol–water partition coefficient (Wildman–Crippen LogP) is 3.57. The van der Waals surface area contributed by atoms with Crippen molar-refractivity contribution in [3.05, 3.63) is 28.7 Å². The molecule has 0 heterocycles. The van der Waals surface area contributed by atoms with E-state index in [-0.39, 0.29) is 5.01 Å². The second-order valence-corrected chi connectivity index (χ2v) is 4.32. The van der Waals surface area contributed by atoms with Gasteiger partial charge in [0.2, 0.25) is 0 Å². The van der Waals surface area contributed by atoms with E-state index in [0.29, 0.717) is 0 Å². The SMILES string of the molecule is CC(Br)Oc1ccc(Br)cc1. The molecule has 3 heteroatoms. The Bertz CT molecular complexity index is 218. The molecule has 0 bridgehead atoms. The molecule has 1 aromatic rings. The van der Waals surface area contributed by atoms with Crippen molar-refractivity contribution in [2.45, 2.75) is 11.9 Å². The summed E-state index contributed by atoms with van der Waals surface area (Å²) in [6.07, 6.45) is 0. The van der Waals surface area contributed by atoms with Crippen LogP contribution in [0.15, 0.2) is 28.7 Å². The first-order chi connectivity index (χ1) is 5.18. The summed E-state index contributed by atoms with van der Waals surface area (Å²) < 4.78 is 6.43. The average molecular weight is 280 g/mol. The highest BCUT2D eigenvalue weighted by Crippen LogP contribution is 2.18. The van der Waals surface area contributed by atoms with Gasteiger partial charge in [-0.1, -0.05) is 15.9 Å². The fourth-order valence-corrected chi connectivity index (χ4v) is 1.18. The summed E-state index contributed by atoms with van der Waals surface area (Å²) in [5.74, 6) is 0.873. The average Bonchev–Trinajstić information content (AvgIpc) is 1.93. The van der Waals surface area contributed by atoms with Gasteiger partial charge in [-0.05, 0) is 47.1 Å². The molecule has 60 valence electrons. The fraction of sp³-hybridized carbons (Fsp3) is 0.250. The van der Waals surface area contributed by atoms with Gasteiger partial charge in [0.15, 0.2) is 5.01 Å². The molecule has 1 atom stereocenters. The van der Waals surface area contributed by atoms with Crippen LogP contribution in [0.2, 0.25) is 0 Å². The van der Waals surface area contributed by atoms with Crippen LogP contribution in [0, 0.1) is 0 Å². The number of hydrogen-bond donors (Lipinski definition) is 0. The third kappa shape index (κ3) is 3.25. The van der Waals surface area contributed by atoms with Gasteiger partial charge < -0.3 is 4.74 Å². The summed E-state index contributed by atoms with van der Waals surface area (Å²) in [6.45, 7) is 1.93. The quantitative estimate of drug-likeness (QED) is 0.752. The van der Waals surface area contributed by atoms with Crippen molar-refractivity contribution < 1.29 is 4.74 Å². The molecule has 11 heavy (non-hydrogen) atoms. The highest BCUT2D eigenvalue weighted by atomic mass is 79.9. The molecule has 1 unspecified atom stereocenters. The number of rotatable bonds is 2. The predicted molar refractivity (Wildman–Crippen MR) is 53.2 cm³/mol. The summed E-state index contributed by atoms with van der Waals surface area (Å²) in [7, 11) is 0. The Morgan fingerprint density at radius 3 is 2.27 bits per heavy atom. The monoisotopic (exact) mass is 278 g/mol. The molecule has 1 rings (SSSR count). The molecule has 0 aliphatic heterocycles. The first-order valence-corrected chi connectivity index (χ1v) is 4.95. The van der Waals surface area contributed by atoms with Gasteiger partial charge in [-0.25, -0.2) is 0 Å². The molecule has 0 N–H and O–H groups in total. The van der Waals surface area contributed by atoms with Crippen molar-refractivity contribution in [1.82, 2.24) is 0 Å². The summed E-state index contributed by atoms with van der Waals surface area (Å²) in [5.41, 5.74) is 0. The van der Waals surface area contributed by atoms with E-state index in [9.17, 15) is 0 Å². The van der Waals surface area contributed by atoms with Crippen LogP contribution in [0.5, 0.6) is 5.75 Å². The second-order valence-electron chi connectivity index (χ2n) is 2.11. The Balaban J connectivity index is 2.66. The minimum atomic E-state index is 0.0590. The topological polar surface area (TPSA) is 9.23 Å². The van der Waals surface area contributed by atoms with E-state index in [2.05, 4.69) is 31.9 Å². The van der Waals surface area contributed by atoms with Gasteiger partial charge in [-0.3, -0.25) is 0 Å². The van der Waals surface area contributed by atoms with Gasteiger partial charge in [-0.2, -0.15) is 0 Å². The van der Waals surface area contributed by atoms with Crippen molar-refractivity contribution in [2.75, 3.05) is 0 Å². The molecule has 0 radical (unpaired) electrons. The number of hydrogen-bond acceptors (Lipinski definition) is 1. The van der Waals surface area contributed by atoms with Crippen molar-refractivity contribution in [3.63, 3.8) is 0 Å². The van der Waals surface area contributed by atoms with E-state index in [1.165, 1.54) is 0 Å². The molecular weight excluding hydrogens is 272 g/mol. The molecule has 0 aromatic heterocycles. The highest BCUT2D eigenvalue weighted by Gasteiger charge is 1.96. The maximum absolute atomic E-state index is 5.36. The van der Waals surface area contributed by atoms with Crippen LogP contribution in [-0.4, -0.2) is 5.01 Å². The maximum Gasteiger partial charge on any atom is 0.150 e. The summed E-state index contributed by atoms with van der Waals surface area (Å²) in [6, 6.07) is 7.74. The van der Waals surface area contributed by atoms with Crippen molar-refractivity contribution in [2.24, 2.45) is 0 Å². The molecular formula is C8H8Br2O. The minimum Gasteiger partial charge on any atom is -0.480 e. The molecule has 0 saturated heterocycles. The summed E-state index contributed by atoms with van der Waals surface area (Å²) >= 11 is 6.64. The standard InChI is InChI=1S/C8H8Br2O/c1-6(9)11-8-4-2-7(10)3-5-8/h2-6H,1H3. The third-order valence-electron chi connectivity index (χ3n) is 1.11. The number of alkyl halides is 1.